The third-order valence-corrected chi connectivity index (χ3v) is 6.89. The van der Waals surface area contributed by atoms with Crippen LogP contribution in [0.1, 0.15) is 26.7 Å². The van der Waals surface area contributed by atoms with Gasteiger partial charge in [0.25, 0.3) is 5.91 Å². The highest BCUT2D eigenvalue weighted by molar-refractivity contribution is 7.99. The highest BCUT2D eigenvalue weighted by Gasteiger charge is 2.38. The Morgan fingerprint density at radius 3 is 2.50 bits per heavy atom. The number of benzene rings is 1. The molecule has 2 rings (SSSR count). The van der Waals surface area contributed by atoms with Gasteiger partial charge in [-0.05, 0) is 30.9 Å². The first-order chi connectivity index (χ1) is 15.2. The molecule has 9 heteroatoms. The van der Waals surface area contributed by atoms with Crippen LogP contribution in [0.2, 0.25) is 0 Å². The molecule has 0 unspecified atom stereocenters. The zero-order valence-electron chi connectivity index (χ0n) is 19.0. The second-order valence-corrected chi connectivity index (χ2v) is 8.89. The summed E-state index contributed by atoms with van der Waals surface area (Å²) in [5.74, 6) is -0.486. The van der Waals surface area contributed by atoms with E-state index in [0.29, 0.717) is 5.75 Å². The molecule has 0 fully saturated rings. The molecule has 4 N–H and O–H groups in total. The second kappa shape index (κ2) is 12.4. The van der Waals surface area contributed by atoms with Crippen molar-refractivity contribution in [3.05, 3.63) is 36.4 Å². The first kappa shape index (κ1) is 26.3. The molecule has 0 spiro atoms. The van der Waals surface area contributed by atoms with Gasteiger partial charge in [-0.2, -0.15) is 0 Å². The standard InChI is InChI=1S/C23H34N2O6S/c1-5-14(6-2)11-12-17(26)19(27)20(28)21(31-4)22(29)24-15-13-32-18-10-8-7-9-16(18)25(3)23(15)30/h7-12,14-15,17,19-21,26-28H,5-6,13H2,1-4H3,(H,24,29)/b12-11+/t15-,17+,19-,20+,21+/m0/s1. The Hall–Kier alpha value is -1.91. The molecule has 0 radical (unpaired) electrons. The van der Waals surface area contributed by atoms with E-state index in [9.17, 15) is 24.9 Å². The van der Waals surface area contributed by atoms with Crippen LogP contribution >= 0.6 is 11.8 Å². The third kappa shape index (κ3) is 6.32. The number of carbonyl (C=O) groups is 2. The van der Waals surface area contributed by atoms with Crippen LogP contribution in [-0.4, -0.2) is 77.5 Å². The Labute approximate surface area is 193 Å². The summed E-state index contributed by atoms with van der Waals surface area (Å²) < 4.78 is 5.12. The predicted molar refractivity (Wildman–Crippen MR) is 125 cm³/mol. The number of allylic oxidation sites excluding steroid dienone is 1. The number of likely N-dealkylation sites (N-methyl/N-ethyl adjacent to an activating group) is 1. The first-order valence-electron chi connectivity index (χ1n) is 10.8. The number of aliphatic hydroxyl groups is 3. The topological polar surface area (TPSA) is 119 Å². The summed E-state index contributed by atoms with van der Waals surface area (Å²) in [5.41, 5.74) is 0.755. The van der Waals surface area contributed by atoms with Crippen molar-refractivity contribution in [3.63, 3.8) is 0 Å². The SMILES string of the molecule is CCC(/C=C/[C@@H](O)[C@H](O)[C@@H](O)[C@@H](OC)C(=O)N[C@H]1CSc2ccccc2N(C)C1=O)CC. The number of amides is 2. The lowest BCUT2D eigenvalue weighted by Crippen LogP contribution is -2.56. The molecular formula is C23H34N2O6S. The Kier molecular flexibility index (Phi) is 10.2. The lowest BCUT2D eigenvalue weighted by Gasteiger charge is -2.28. The molecule has 2 amide bonds. The average molecular weight is 467 g/mol. The number of carbonyl (C=O) groups excluding carboxylic acids is 2. The number of aliphatic hydroxyl groups excluding tert-OH is 3. The molecular weight excluding hydrogens is 432 g/mol. The van der Waals surface area contributed by atoms with Crippen LogP contribution in [0.4, 0.5) is 5.69 Å². The fourth-order valence-corrected chi connectivity index (χ4v) is 4.64. The van der Waals surface area contributed by atoms with Crippen LogP contribution < -0.4 is 10.2 Å². The number of anilines is 1. The number of methoxy groups -OCH3 is 1. The van der Waals surface area contributed by atoms with E-state index in [2.05, 4.69) is 5.32 Å². The van der Waals surface area contributed by atoms with Crippen molar-refractivity contribution in [3.8, 4) is 0 Å². The maximum Gasteiger partial charge on any atom is 0.252 e. The minimum Gasteiger partial charge on any atom is -0.387 e. The Balaban J connectivity index is 2.06. The maximum absolute atomic E-state index is 12.9. The van der Waals surface area contributed by atoms with Crippen molar-refractivity contribution in [2.24, 2.45) is 5.92 Å². The lowest BCUT2D eigenvalue weighted by atomic mass is 9.98. The summed E-state index contributed by atoms with van der Waals surface area (Å²) in [6, 6.07) is 6.61. The number of nitrogens with one attached hydrogen (secondary N) is 1. The monoisotopic (exact) mass is 466 g/mol. The smallest absolute Gasteiger partial charge is 0.252 e. The fraction of sp³-hybridized carbons (Fsp3) is 0.565. The summed E-state index contributed by atoms with van der Waals surface area (Å²) in [7, 11) is 2.86. The lowest BCUT2D eigenvalue weighted by molar-refractivity contribution is -0.150. The van der Waals surface area contributed by atoms with Gasteiger partial charge >= 0.3 is 0 Å². The number of nitrogens with zero attached hydrogens (tertiary/aromatic N) is 1. The molecule has 1 aliphatic heterocycles. The largest absolute Gasteiger partial charge is 0.387 e. The van der Waals surface area contributed by atoms with Crippen molar-refractivity contribution in [1.29, 1.82) is 0 Å². The molecule has 1 aromatic carbocycles. The van der Waals surface area contributed by atoms with Crippen molar-refractivity contribution in [1.82, 2.24) is 5.32 Å². The van der Waals surface area contributed by atoms with E-state index in [1.807, 2.05) is 38.1 Å². The quantitative estimate of drug-likeness (QED) is 0.384. The molecule has 0 saturated heterocycles. The normalized spacial score (nSPS) is 20.6. The highest BCUT2D eigenvalue weighted by atomic mass is 32.2. The molecule has 8 nitrogen and oxygen atoms in total. The molecule has 1 aromatic rings. The number of para-hydroxylation sites is 1. The summed E-state index contributed by atoms with van der Waals surface area (Å²) >= 11 is 1.44. The van der Waals surface area contributed by atoms with Crippen LogP contribution in [0.3, 0.4) is 0 Å². The first-order valence-corrected chi connectivity index (χ1v) is 11.8. The van der Waals surface area contributed by atoms with Gasteiger partial charge < -0.3 is 30.3 Å². The Bertz CT molecular complexity index is 800. The molecule has 178 valence electrons. The van der Waals surface area contributed by atoms with Crippen molar-refractivity contribution in [2.45, 2.75) is 62.0 Å². The molecule has 1 heterocycles. The zero-order chi connectivity index (χ0) is 23.8. The van der Waals surface area contributed by atoms with Crippen molar-refractivity contribution < 1.29 is 29.6 Å². The Morgan fingerprint density at radius 2 is 1.88 bits per heavy atom. The molecule has 0 bridgehead atoms. The zero-order valence-corrected chi connectivity index (χ0v) is 19.8. The van der Waals surface area contributed by atoms with Gasteiger partial charge in [0, 0.05) is 24.8 Å². The van der Waals surface area contributed by atoms with E-state index in [0.717, 1.165) is 23.4 Å². The van der Waals surface area contributed by atoms with Gasteiger partial charge in [0.15, 0.2) is 6.10 Å². The van der Waals surface area contributed by atoms with E-state index in [1.165, 1.54) is 29.8 Å². The summed E-state index contributed by atoms with van der Waals surface area (Å²) in [4.78, 5) is 28.1. The van der Waals surface area contributed by atoms with Crippen LogP contribution in [0.15, 0.2) is 41.3 Å². The second-order valence-electron chi connectivity index (χ2n) is 7.83. The molecule has 32 heavy (non-hydrogen) atoms. The van der Waals surface area contributed by atoms with E-state index < -0.39 is 36.4 Å². The maximum atomic E-state index is 12.9. The van der Waals surface area contributed by atoms with Gasteiger partial charge in [-0.1, -0.05) is 38.1 Å². The van der Waals surface area contributed by atoms with Gasteiger partial charge in [0.1, 0.15) is 24.4 Å². The Morgan fingerprint density at radius 1 is 1.22 bits per heavy atom. The highest BCUT2D eigenvalue weighted by Crippen LogP contribution is 2.33. The average Bonchev–Trinajstić information content (AvgIpc) is 2.91. The number of ether oxygens (including phenoxy) is 1. The molecule has 0 aliphatic carbocycles. The van der Waals surface area contributed by atoms with E-state index in [1.54, 1.807) is 13.1 Å². The van der Waals surface area contributed by atoms with Gasteiger partial charge in [0.2, 0.25) is 5.91 Å². The van der Waals surface area contributed by atoms with E-state index >= 15 is 0 Å². The minimum atomic E-state index is -1.69. The van der Waals surface area contributed by atoms with Crippen LogP contribution in [0, 0.1) is 5.92 Å². The predicted octanol–water partition coefficient (Wildman–Crippen LogP) is 1.33. The number of thioether (sulfide) groups is 1. The third-order valence-electron chi connectivity index (χ3n) is 5.73. The minimum absolute atomic E-state index is 0.246. The van der Waals surface area contributed by atoms with Crippen molar-refractivity contribution >= 4 is 29.3 Å². The van der Waals surface area contributed by atoms with Gasteiger partial charge in [-0.3, -0.25) is 9.59 Å². The number of rotatable bonds is 10. The summed E-state index contributed by atoms with van der Waals surface area (Å²) in [6.45, 7) is 4.04. The number of hydrogen-bond donors (Lipinski definition) is 4. The number of fused-ring (bicyclic) bond motifs is 1. The fourth-order valence-electron chi connectivity index (χ4n) is 3.54. The molecule has 0 aromatic heterocycles. The van der Waals surface area contributed by atoms with Gasteiger partial charge in [-0.15, -0.1) is 11.8 Å². The molecule has 0 saturated carbocycles. The number of hydrogen-bond acceptors (Lipinski definition) is 7. The van der Waals surface area contributed by atoms with Crippen LogP contribution in [-0.2, 0) is 14.3 Å². The molecule has 1 aliphatic rings. The van der Waals surface area contributed by atoms with Crippen molar-refractivity contribution in [2.75, 3.05) is 24.8 Å². The van der Waals surface area contributed by atoms with Crippen LogP contribution in [0.25, 0.3) is 0 Å². The van der Waals surface area contributed by atoms with E-state index in [-0.39, 0.29) is 11.8 Å². The van der Waals surface area contributed by atoms with Gasteiger partial charge in [0.05, 0.1) is 5.69 Å². The van der Waals surface area contributed by atoms with Gasteiger partial charge in [-0.25, -0.2) is 0 Å². The van der Waals surface area contributed by atoms with E-state index in [4.69, 9.17) is 4.74 Å². The summed E-state index contributed by atoms with van der Waals surface area (Å²) in [6.07, 6.45) is -1.18. The summed E-state index contributed by atoms with van der Waals surface area (Å²) in [5, 5.41) is 33.7. The molecule has 5 atom stereocenters. The van der Waals surface area contributed by atoms with Crippen LogP contribution in [0.5, 0.6) is 0 Å².